The fourth-order valence-corrected chi connectivity index (χ4v) is 7.35. The SMILES string of the molecule is C=CC(=O)O[Si](Cc1ccccc1)(OC(=O)C=C)C1(C)CCCCC1. The summed E-state index contributed by atoms with van der Waals surface area (Å²) >= 11 is 0. The van der Waals surface area contributed by atoms with Gasteiger partial charge in [0.15, 0.2) is 0 Å². The molecule has 1 aromatic carbocycles. The van der Waals surface area contributed by atoms with Gasteiger partial charge in [-0.25, -0.2) is 9.59 Å². The molecule has 1 saturated carbocycles. The van der Waals surface area contributed by atoms with Crippen LogP contribution in [0, 0.1) is 0 Å². The van der Waals surface area contributed by atoms with Gasteiger partial charge >= 0.3 is 20.5 Å². The molecule has 0 N–H and O–H groups in total. The molecule has 25 heavy (non-hydrogen) atoms. The highest BCUT2D eigenvalue weighted by atomic mass is 28.4. The van der Waals surface area contributed by atoms with E-state index in [4.69, 9.17) is 8.85 Å². The van der Waals surface area contributed by atoms with E-state index in [1.807, 2.05) is 30.3 Å². The maximum absolute atomic E-state index is 12.1. The second-order valence-corrected chi connectivity index (χ2v) is 10.3. The molecule has 0 heterocycles. The molecule has 4 nitrogen and oxygen atoms in total. The Bertz CT molecular complexity index is 610. The number of benzene rings is 1. The Morgan fingerprint density at radius 3 is 2.04 bits per heavy atom. The van der Waals surface area contributed by atoms with Crippen molar-refractivity contribution >= 4 is 20.5 Å². The lowest BCUT2D eigenvalue weighted by Gasteiger charge is -2.45. The first kappa shape index (κ1) is 19.2. The van der Waals surface area contributed by atoms with Gasteiger partial charge in [0.2, 0.25) is 0 Å². The summed E-state index contributed by atoms with van der Waals surface area (Å²) in [7, 11) is -3.27. The van der Waals surface area contributed by atoms with E-state index in [2.05, 4.69) is 20.1 Å². The Morgan fingerprint density at radius 1 is 1.04 bits per heavy atom. The highest BCUT2D eigenvalue weighted by molar-refractivity contribution is 6.73. The Kier molecular flexibility index (Phi) is 6.37. The van der Waals surface area contributed by atoms with Crippen molar-refractivity contribution in [2.45, 2.75) is 50.1 Å². The zero-order chi connectivity index (χ0) is 18.3. The highest BCUT2D eigenvalue weighted by Gasteiger charge is 2.60. The number of hydrogen-bond donors (Lipinski definition) is 0. The third kappa shape index (κ3) is 4.48. The Labute approximate surface area is 150 Å². The van der Waals surface area contributed by atoms with Crippen molar-refractivity contribution in [3.8, 4) is 0 Å². The molecule has 0 atom stereocenters. The molecule has 0 spiro atoms. The summed E-state index contributed by atoms with van der Waals surface area (Å²) in [5.74, 6) is -1.07. The summed E-state index contributed by atoms with van der Waals surface area (Å²) in [5.41, 5.74) is 0.995. The predicted octanol–water partition coefficient (Wildman–Crippen LogP) is 4.39. The van der Waals surface area contributed by atoms with Crippen LogP contribution in [0.4, 0.5) is 0 Å². The number of carbonyl (C=O) groups is 2. The first-order chi connectivity index (χ1) is 11.9. The summed E-state index contributed by atoms with van der Waals surface area (Å²) in [6.45, 7) is 9.10. The van der Waals surface area contributed by atoms with E-state index in [9.17, 15) is 9.59 Å². The van der Waals surface area contributed by atoms with Crippen molar-refractivity contribution in [3.05, 3.63) is 61.2 Å². The average Bonchev–Trinajstić information content (AvgIpc) is 2.62. The van der Waals surface area contributed by atoms with Crippen LogP contribution >= 0.6 is 0 Å². The summed E-state index contributed by atoms with van der Waals surface area (Å²) in [6, 6.07) is 10.2. The van der Waals surface area contributed by atoms with Gasteiger partial charge in [-0.2, -0.15) is 0 Å². The molecule has 0 radical (unpaired) electrons. The molecule has 5 heteroatoms. The Morgan fingerprint density at radius 2 is 1.56 bits per heavy atom. The molecule has 2 rings (SSSR count). The van der Waals surface area contributed by atoms with Crippen LogP contribution < -0.4 is 0 Å². The van der Waals surface area contributed by atoms with E-state index >= 15 is 0 Å². The lowest BCUT2D eigenvalue weighted by molar-refractivity contribution is -0.137. The molecule has 1 fully saturated rings. The molecular weight excluding hydrogens is 332 g/mol. The van der Waals surface area contributed by atoms with E-state index in [1.165, 1.54) is 0 Å². The molecule has 0 unspecified atom stereocenters. The van der Waals surface area contributed by atoms with E-state index in [0.717, 1.165) is 49.8 Å². The summed E-state index contributed by atoms with van der Waals surface area (Å²) in [6.07, 6.45) is 7.26. The predicted molar refractivity (Wildman–Crippen MR) is 99.9 cm³/mol. The fourth-order valence-electron chi connectivity index (χ4n) is 3.54. The van der Waals surface area contributed by atoms with Gasteiger partial charge in [0, 0.05) is 23.2 Å². The monoisotopic (exact) mass is 358 g/mol. The number of rotatable bonds is 7. The molecule has 0 amide bonds. The van der Waals surface area contributed by atoms with E-state index in [1.54, 1.807) is 0 Å². The van der Waals surface area contributed by atoms with Crippen LogP contribution in [0.3, 0.4) is 0 Å². The van der Waals surface area contributed by atoms with Crippen LogP contribution in [0.15, 0.2) is 55.6 Å². The number of carbonyl (C=O) groups excluding carboxylic acids is 2. The smallest absolute Gasteiger partial charge is 0.475 e. The molecule has 1 aliphatic rings. The Balaban J connectivity index is 2.49. The second kappa shape index (κ2) is 8.29. The van der Waals surface area contributed by atoms with Crippen LogP contribution in [0.2, 0.25) is 5.04 Å². The van der Waals surface area contributed by atoms with Gasteiger partial charge < -0.3 is 8.85 Å². The fraction of sp³-hybridized carbons (Fsp3) is 0.400. The molecule has 0 aliphatic heterocycles. The summed E-state index contributed by atoms with van der Waals surface area (Å²) in [5, 5.41) is -0.335. The van der Waals surface area contributed by atoms with Crippen LogP contribution in [0.5, 0.6) is 0 Å². The molecule has 0 saturated heterocycles. The largest absolute Gasteiger partial charge is 0.481 e. The maximum Gasteiger partial charge on any atom is 0.475 e. The van der Waals surface area contributed by atoms with Gasteiger partial charge in [-0.3, -0.25) is 0 Å². The molecule has 1 aliphatic carbocycles. The topological polar surface area (TPSA) is 52.6 Å². The van der Waals surface area contributed by atoms with E-state index in [-0.39, 0.29) is 5.04 Å². The summed E-state index contributed by atoms with van der Waals surface area (Å²) in [4.78, 5) is 24.3. The molecule has 134 valence electrons. The minimum atomic E-state index is -3.27. The third-order valence-electron chi connectivity index (χ3n) is 5.02. The highest BCUT2D eigenvalue weighted by Crippen LogP contribution is 2.52. The molecule has 1 aromatic rings. The summed E-state index contributed by atoms with van der Waals surface area (Å²) < 4.78 is 11.8. The average molecular weight is 359 g/mol. The van der Waals surface area contributed by atoms with Crippen molar-refractivity contribution in [1.82, 2.24) is 0 Å². The molecule has 0 bridgehead atoms. The van der Waals surface area contributed by atoms with E-state index in [0.29, 0.717) is 6.04 Å². The quantitative estimate of drug-likeness (QED) is 0.536. The van der Waals surface area contributed by atoms with Gasteiger partial charge in [-0.05, 0) is 18.4 Å². The molecular formula is C20H26O4Si. The minimum absolute atomic E-state index is 0.335. The maximum atomic E-state index is 12.1. The first-order valence-electron chi connectivity index (χ1n) is 8.69. The second-order valence-electron chi connectivity index (χ2n) is 6.79. The lowest BCUT2D eigenvalue weighted by Crippen LogP contribution is -2.57. The standard InChI is InChI=1S/C20H26O4Si/c1-4-18(21)23-25(24-19(22)5-2,16-17-12-8-6-9-13-17)20(3)14-10-7-11-15-20/h4-6,8-9,12-13H,1-2,7,10-11,14-16H2,3H3. The van der Waals surface area contributed by atoms with Crippen molar-refractivity contribution in [2.75, 3.05) is 0 Å². The zero-order valence-electron chi connectivity index (χ0n) is 14.8. The normalized spacial score (nSPS) is 16.5. The van der Waals surface area contributed by atoms with Crippen LogP contribution in [-0.4, -0.2) is 20.5 Å². The number of hydrogen-bond acceptors (Lipinski definition) is 4. The van der Waals surface area contributed by atoms with Gasteiger partial charge in [0.25, 0.3) is 0 Å². The first-order valence-corrected chi connectivity index (χ1v) is 10.7. The van der Waals surface area contributed by atoms with Crippen molar-refractivity contribution < 1.29 is 18.4 Å². The third-order valence-corrected chi connectivity index (χ3v) is 9.30. The minimum Gasteiger partial charge on any atom is -0.481 e. The van der Waals surface area contributed by atoms with Crippen molar-refractivity contribution in [1.29, 1.82) is 0 Å². The van der Waals surface area contributed by atoms with Crippen LogP contribution in [0.1, 0.15) is 44.6 Å². The van der Waals surface area contributed by atoms with Gasteiger partial charge in [0.05, 0.1) is 0 Å². The Hall–Kier alpha value is -2.14. The van der Waals surface area contributed by atoms with Crippen molar-refractivity contribution in [2.24, 2.45) is 0 Å². The van der Waals surface area contributed by atoms with Crippen molar-refractivity contribution in [3.63, 3.8) is 0 Å². The van der Waals surface area contributed by atoms with Crippen LogP contribution in [-0.2, 0) is 24.5 Å². The van der Waals surface area contributed by atoms with Gasteiger partial charge in [-0.15, -0.1) is 0 Å². The molecule has 0 aromatic heterocycles. The lowest BCUT2D eigenvalue weighted by atomic mass is 9.90. The zero-order valence-corrected chi connectivity index (χ0v) is 15.8. The van der Waals surface area contributed by atoms with Gasteiger partial charge in [-0.1, -0.05) is 69.7 Å². The van der Waals surface area contributed by atoms with E-state index < -0.39 is 20.5 Å². The van der Waals surface area contributed by atoms with Gasteiger partial charge in [0.1, 0.15) is 0 Å². The van der Waals surface area contributed by atoms with Crippen LogP contribution in [0.25, 0.3) is 0 Å².